The Hall–Kier alpha value is -1.07. The SMILES string of the molecule is COCC(C)N(C)C(=O)c1ccc(F)c(S)c1. The van der Waals surface area contributed by atoms with Crippen LogP contribution in [0.4, 0.5) is 4.39 Å². The number of ether oxygens (including phenoxy) is 1. The number of carbonyl (C=O) groups excluding carboxylic acids is 1. The van der Waals surface area contributed by atoms with Crippen molar-refractivity contribution in [3.05, 3.63) is 29.6 Å². The van der Waals surface area contributed by atoms with Crippen LogP contribution in [-0.4, -0.2) is 37.6 Å². The molecule has 1 unspecified atom stereocenters. The summed E-state index contributed by atoms with van der Waals surface area (Å²) in [7, 11) is 3.27. The molecule has 0 aliphatic heterocycles. The van der Waals surface area contributed by atoms with Gasteiger partial charge in [-0.25, -0.2) is 4.39 Å². The van der Waals surface area contributed by atoms with E-state index in [9.17, 15) is 9.18 Å². The minimum atomic E-state index is -0.433. The zero-order chi connectivity index (χ0) is 13.0. The molecule has 0 aromatic heterocycles. The summed E-state index contributed by atoms with van der Waals surface area (Å²) in [5.74, 6) is -0.609. The van der Waals surface area contributed by atoms with Crippen molar-refractivity contribution in [3.8, 4) is 0 Å². The zero-order valence-corrected chi connectivity index (χ0v) is 11.0. The van der Waals surface area contributed by atoms with Crippen molar-refractivity contribution in [3.63, 3.8) is 0 Å². The van der Waals surface area contributed by atoms with Crippen molar-refractivity contribution >= 4 is 18.5 Å². The molecule has 94 valence electrons. The highest BCUT2D eigenvalue weighted by atomic mass is 32.1. The van der Waals surface area contributed by atoms with Crippen LogP contribution in [0.5, 0.6) is 0 Å². The van der Waals surface area contributed by atoms with Crippen molar-refractivity contribution < 1.29 is 13.9 Å². The topological polar surface area (TPSA) is 29.5 Å². The average molecular weight is 257 g/mol. The Balaban J connectivity index is 2.85. The van der Waals surface area contributed by atoms with E-state index in [1.54, 1.807) is 19.1 Å². The first kappa shape index (κ1) is 14.0. The molecule has 0 bridgehead atoms. The van der Waals surface area contributed by atoms with E-state index in [2.05, 4.69) is 12.6 Å². The number of thiol groups is 1. The number of benzene rings is 1. The molecule has 1 rings (SSSR count). The van der Waals surface area contributed by atoms with E-state index >= 15 is 0 Å². The molecule has 17 heavy (non-hydrogen) atoms. The first-order valence-corrected chi connectivity index (χ1v) is 5.66. The molecular formula is C12H16FNO2S. The van der Waals surface area contributed by atoms with Gasteiger partial charge in [-0.1, -0.05) is 0 Å². The Morgan fingerprint density at radius 2 is 2.24 bits per heavy atom. The molecule has 0 fully saturated rings. The molecule has 0 aliphatic carbocycles. The molecule has 3 nitrogen and oxygen atoms in total. The van der Waals surface area contributed by atoms with Gasteiger partial charge >= 0.3 is 0 Å². The third kappa shape index (κ3) is 3.44. The molecule has 0 heterocycles. The first-order valence-electron chi connectivity index (χ1n) is 5.22. The molecular weight excluding hydrogens is 241 g/mol. The molecule has 1 aromatic rings. The Labute approximate surface area is 106 Å². The largest absolute Gasteiger partial charge is 0.383 e. The van der Waals surface area contributed by atoms with Crippen molar-refractivity contribution in [2.45, 2.75) is 17.9 Å². The normalized spacial score (nSPS) is 12.3. The highest BCUT2D eigenvalue weighted by molar-refractivity contribution is 7.80. The second-order valence-corrected chi connectivity index (χ2v) is 4.37. The van der Waals surface area contributed by atoms with Crippen LogP contribution in [0.15, 0.2) is 23.1 Å². The van der Waals surface area contributed by atoms with Crippen molar-refractivity contribution in [1.82, 2.24) is 4.90 Å². The summed E-state index contributed by atoms with van der Waals surface area (Å²) in [5.41, 5.74) is 0.418. The van der Waals surface area contributed by atoms with Gasteiger partial charge in [-0.15, -0.1) is 12.6 Å². The van der Waals surface area contributed by atoms with Crippen molar-refractivity contribution in [2.75, 3.05) is 20.8 Å². The lowest BCUT2D eigenvalue weighted by Gasteiger charge is -2.24. The Morgan fingerprint density at radius 3 is 2.76 bits per heavy atom. The highest BCUT2D eigenvalue weighted by Gasteiger charge is 2.17. The van der Waals surface area contributed by atoms with Gasteiger partial charge < -0.3 is 9.64 Å². The summed E-state index contributed by atoms with van der Waals surface area (Å²) < 4.78 is 18.0. The molecule has 1 amide bonds. The molecule has 0 aliphatic rings. The predicted octanol–water partition coefficient (Wildman–Crippen LogP) is 2.22. The molecule has 0 saturated heterocycles. The molecule has 0 saturated carbocycles. The van der Waals surface area contributed by atoms with Crippen LogP contribution in [0.2, 0.25) is 0 Å². The number of amides is 1. The monoisotopic (exact) mass is 257 g/mol. The van der Waals surface area contributed by atoms with Crippen LogP contribution in [0, 0.1) is 5.82 Å². The van der Waals surface area contributed by atoms with Gasteiger partial charge in [-0.3, -0.25) is 4.79 Å². The van der Waals surface area contributed by atoms with E-state index < -0.39 is 5.82 Å². The van der Waals surface area contributed by atoms with E-state index in [1.807, 2.05) is 6.92 Å². The molecule has 0 spiro atoms. The van der Waals surface area contributed by atoms with Crippen LogP contribution in [0.25, 0.3) is 0 Å². The summed E-state index contributed by atoms with van der Waals surface area (Å²) in [4.78, 5) is 13.8. The Bertz CT molecular complexity index is 411. The fraction of sp³-hybridized carbons (Fsp3) is 0.417. The lowest BCUT2D eigenvalue weighted by Crippen LogP contribution is -2.37. The number of methoxy groups -OCH3 is 1. The fourth-order valence-electron chi connectivity index (χ4n) is 1.40. The summed E-state index contributed by atoms with van der Waals surface area (Å²) in [6, 6.07) is 4.08. The van der Waals surface area contributed by atoms with E-state index in [4.69, 9.17) is 4.74 Å². The highest BCUT2D eigenvalue weighted by Crippen LogP contribution is 2.16. The van der Waals surface area contributed by atoms with E-state index in [0.717, 1.165) is 0 Å². The minimum Gasteiger partial charge on any atom is -0.383 e. The molecule has 1 atom stereocenters. The van der Waals surface area contributed by atoms with Crippen LogP contribution in [0.1, 0.15) is 17.3 Å². The summed E-state index contributed by atoms with van der Waals surface area (Å²) >= 11 is 3.95. The Kier molecular flexibility index (Phi) is 4.96. The van der Waals surface area contributed by atoms with Gasteiger partial charge in [-0.05, 0) is 25.1 Å². The average Bonchev–Trinajstić information content (AvgIpc) is 2.31. The van der Waals surface area contributed by atoms with Crippen LogP contribution in [0.3, 0.4) is 0 Å². The fourth-order valence-corrected chi connectivity index (χ4v) is 1.62. The molecule has 0 radical (unpaired) electrons. The Morgan fingerprint density at radius 1 is 1.59 bits per heavy atom. The summed E-state index contributed by atoms with van der Waals surface area (Å²) in [5, 5.41) is 0. The standard InChI is InChI=1S/C12H16FNO2S/c1-8(7-16-3)14(2)12(15)9-4-5-10(13)11(17)6-9/h4-6,8,17H,7H2,1-3H3. The van der Waals surface area contributed by atoms with Gasteiger partial charge in [-0.2, -0.15) is 0 Å². The number of hydrogen-bond acceptors (Lipinski definition) is 3. The van der Waals surface area contributed by atoms with Gasteiger partial charge in [0, 0.05) is 24.6 Å². The summed E-state index contributed by atoms with van der Waals surface area (Å²) in [6.45, 7) is 2.34. The maximum Gasteiger partial charge on any atom is 0.253 e. The van der Waals surface area contributed by atoms with Gasteiger partial charge in [0.1, 0.15) is 5.82 Å². The van der Waals surface area contributed by atoms with Gasteiger partial charge in [0.2, 0.25) is 0 Å². The van der Waals surface area contributed by atoms with Crippen LogP contribution < -0.4 is 0 Å². The van der Waals surface area contributed by atoms with Crippen LogP contribution in [-0.2, 0) is 4.74 Å². The molecule has 1 aromatic carbocycles. The maximum absolute atomic E-state index is 13.0. The second-order valence-electron chi connectivity index (χ2n) is 3.89. The van der Waals surface area contributed by atoms with E-state index in [0.29, 0.717) is 12.2 Å². The molecule has 5 heteroatoms. The van der Waals surface area contributed by atoms with Gasteiger partial charge in [0.15, 0.2) is 0 Å². The van der Waals surface area contributed by atoms with Crippen molar-refractivity contribution in [1.29, 1.82) is 0 Å². The lowest BCUT2D eigenvalue weighted by molar-refractivity contribution is 0.0633. The lowest BCUT2D eigenvalue weighted by atomic mass is 10.1. The van der Waals surface area contributed by atoms with Crippen LogP contribution >= 0.6 is 12.6 Å². The number of hydrogen-bond donors (Lipinski definition) is 1. The van der Waals surface area contributed by atoms with Gasteiger partial charge in [0.05, 0.1) is 12.6 Å². The van der Waals surface area contributed by atoms with Crippen molar-refractivity contribution in [2.24, 2.45) is 0 Å². The third-order valence-corrected chi connectivity index (χ3v) is 2.93. The zero-order valence-electron chi connectivity index (χ0n) is 10.1. The first-order chi connectivity index (χ1) is 7.97. The number of likely N-dealkylation sites (N-methyl/N-ethyl adjacent to an activating group) is 1. The molecule has 0 N–H and O–H groups in total. The third-order valence-electron chi connectivity index (χ3n) is 2.58. The maximum atomic E-state index is 13.0. The predicted molar refractivity (Wildman–Crippen MR) is 67.1 cm³/mol. The van der Waals surface area contributed by atoms with E-state index in [-0.39, 0.29) is 16.8 Å². The smallest absolute Gasteiger partial charge is 0.253 e. The van der Waals surface area contributed by atoms with Gasteiger partial charge in [0.25, 0.3) is 5.91 Å². The number of rotatable bonds is 4. The summed E-state index contributed by atoms with van der Waals surface area (Å²) in [6.07, 6.45) is 0. The quantitative estimate of drug-likeness (QED) is 0.838. The van der Waals surface area contributed by atoms with E-state index in [1.165, 1.54) is 18.2 Å². The number of carbonyl (C=O) groups is 1. The number of nitrogens with zero attached hydrogens (tertiary/aromatic N) is 1. The number of halogens is 1. The second kappa shape index (κ2) is 6.02. The minimum absolute atomic E-state index is 0.0408.